The fourth-order valence-electron chi connectivity index (χ4n) is 2.17. The summed E-state index contributed by atoms with van der Waals surface area (Å²) in [6.07, 6.45) is 0. The molecule has 24 heavy (non-hydrogen) atoms. The monoisotopic (exact) mass is 353 g/mol. The average Bonchev–Trinajstić information content (AvgIpc) is 2.80. The van der Waals surface area contributed by atoms with Gasteiger partial charge in [0.25, 0.3) is 0 Å². The number of halogens is 1. The Morgan fingerprint density at radius 2 is 1.38 bits per heavy atom. The van der Waals surface area contributed by atoms with Gasteiger partial charge >= 0.3 is 11.9 Å². The summed E-state index contributed by atoms with van der Waals surface area (Å²) in [6, 6.07) is 6.11. The molecular formula is C16H16ClNO6. The van der Waals surface area contributed by atoms with Crippen molar-refractivity contribution in [3.05, 3.63) is 40.7 Å². The molecule has 0 spiro atoms. The molecule has 0 fully saturated rings. The second kappa shape index (κ2) is 7.27. The van der Waals surface area contributed by atoms with Crippen LogP contribution in [-0.4, -0.2) is 39.9 Å². The number of ether oxygens (including phenoxy) is 2. The number of carbonyl (C=O) groups is 2. The molecule has 0 unspecified atom stereocenters. The van der Waals surface area contributed by atoms with E-state index in [1.807, 2.05) is 0 Å². The first-order valence-electron chi connectivity index (χ1n) is 7.19. The number of esters is 2. The fourth-order valence-corrected chi connectivity index (χ4v) is 2.30. The van der Waals surface area contributed by atoms with Crippen LogP contribution in [0.1, 0.15) is 34.8 Å². The van der Waals surface area contributed by atoms with Crippen LogP contribution in [0.3, 0.4) is 0 Å². The number of carbonyl (C=O) groups excluding carboxylic acids is 2. The van der Waals surface area contributed by atoms with E-state index >= 15 is 0 Å². The first kappa shape index (κ1) is 17.7. The van der Waals surface area contributed by atoms with Crippen LogP contribution in [-0.2, 0) is 9.47 Å². The van der Waals surface area contributed by atoms with E-state index < -0.39 is 23.4 Å². The van der Waals surface area contributed by atoms with E-state index in [1.54, 1.807) is 13.8 Å². The maximum Gasteiger partial charge on any atom is 0.359 e. The Bertz CT molecular complexity index is 724. The van der Waals surface area contributed by atoms with Gasteiger partial charge in [-0.2, -0.15) is 0 Å². The number of aromatic hydroxyl groups is 2. The summed E-state index contributed by atoms with van der Waals surface area (Å²) in [7, 11) is 0. The quantitative estimate of drug-likeness (QED) is 0.802. The van der Waals surface area contributed by atoms with E-state index in [1.165, 1.54) is 24.3 Å². The normalized spacial score (nSPS) is 10.5. The molecule has 0 saturated carbocycles. The Balaban J connectivity index is 2.75. The topological polar surface area (TPSA) is 98.0 Å². The highest BCUT2D eigenvalue weighted by molar-refractivity contribution is 6.30. The third kappa shape index (κ3) is 3.16. The Morgan fingerprint density at radius 1 is 0.958 bits per heavy atom. The summed E-state index contributed by atoms with van der Waals surface area (Å²) in [6.45, 7) is 3.30. The number of hydrogen-bond donors (Lipinski definition) is 2. The molecule has 0 radical (unpaired) electrons. The van der Waals surface area contributed by atoms with E-state index in [4.69, 9.17) is 21.1 Å². The van der Waals surface area contributed by atoms with Gasteiger partial charge < -0.3 is 19.7 Å². The Morgan fingerprint density at radius 3 is 1.75 bits per heavy atom. The van der Waals surface area contributed by atoms with E-state index in [9.17, 15) is 19.8 Å². The van der Waals surface area contributed by atoms with Crippen molar-refractivity contribution in [2.45, 2.75) is 13.8 Å². The van der Waals surface area contributed by atoms with E-state index in [0.29, 0.717) is 10.7 Å². The van der Waals surface area contributed by atoms with Crippen molar-refractivity contribution in [1.29, 1.82) is 0 Å². The smallest absolute Gasteiger partial charge is 0.359 e. The molecule has 0 aliphatic carbocycles. The molecule has 1 aromatic heterocycles. The highest BCUT2D eigenvalue weighted by atomic mass is 35.5. The fraction of sp³-hybridized carbons (Fsp3) is 0.250. The van der Waals surface area contributed by atoms with Gasteiger partial charge in [0.05, 0.1) is 13.2 Å². The van der Waals surface area contributed by atoms with Gasteiger partial charge in [-0.05, 0) is 38.1 Å². The van der Waals surface area contributed by atoms with E-state index in [2.05, 4.69) is 0 Å². The van der Waals surface area contributed by atoms with Crippen molar-refractivity contribution in [2.24, 2.45) is 0 Å². The summed E-state index contributed by atoms with van der Waals surface area (Å²) < 4.78 is 10.9. The van der Waals surface area contributed by atoms with Crippen LogP contribution in [0.5, 0.6) is 11.5 Å². The Kier molecular flexibility index (Phi) is 5.35. The van der Waals surface area contributed by atoms with Crippen molar-refractivity contribution in [3.63, 3.8) is 0 Å². The zero-order valence-corrected chi connectivity index (χ0v) is 13.8. The summed E-state index contributed by atoms with van der Waals surface area (Å²) in [5.41, 5.74) is -0.430. The Hall–Kier alpha value is -2.67. The number of aromatic nitrogens is 1. The minimum absolute atomic E-state index is 0.0551. The molecular weight excluding hydrogens is 338 g/mol. The van der Waals surface area contributed by atoms with Gasteiger partial charge in [0.1, 0.15) is 0 Å². The van der Waals surface area contributed by atoms with Crippen LogP contribution in [0.25, 0.3) is 5.69 Å². The minimum atomic E-state index is -0.893. The van der Waals surface area contributed by atoms with Crippen molar-refractivity contribution in [2.75, 3.05) is 13.2 Å². The number of benzene rings is 1. The molecule has 8 heteroatoms. The van der Waals surface area contributed by atoms with Crippen LogP contribution in [0.15, 0.2) is 24.3 Å². The summed E-state index contributed by atoms with van der Waals surface area (Å²) >= 11 is 5.85. The van der Waals surface area contributed by atoms with Crippen molar-refractivity contribution >= 4 is 23.5 Å². The first-order chi connectivity index (χ1) is 11.4. The SMILES string of the molecule is CCOC(=O)c1c(O)c(O)c(C(=O)OCC)n1-c1ccc(Cl)cc1. The van der Waals surface area contributed by atoms with Gasteiger partial charge in [-0.25, -0.2) is 9.59 Å². The highest BCUT2D eigenvalue weighted by Crippen LogP contribution is 2.39. The number of rotatable bonds is 5. The molecule has 0 aliphatic heterocycles. The summed E-state index contributed by atoms with van der Waals surface area (Å²) in [5.74, 6) is -3.30. The third-order valence-corrected chi connectivity index (χ3v) is 3.39. The maximum absolute atomic E-state index is 12.2. The van der Waals surface area contributed by atoms with Crippen LogP contribution in [0.2, 0.25) is 5.02 Å². The lowest BCUT2D eigenvalue weighted by atomic mass is 10.3. The molecule has 1 heterocycles. The lowest BCUT2D eigenvalue weighted by molar-refractivity contribution is 0.0508. The zero-order chi connectivity index (χ0) is 17.9. The number of nitrogens with zero attached hydrogens (tertiary/aromatic N) is 1. The largest absolute Gasteiger partial charge is 0.503 e. The molecule has 1 aromatic carbocycles. The second-order valence-corrected chi connectivity index (χ2v) is 5.08. The lowest BCUT2D eigenvalue weighted by Gasteiger charge is -2.12. The Labute approximate surface area is 143 Å². The molecule has 0 aliphatic rings. The van der Waals surface area contributed by atoms with E-state index in [0.717, 1.165) is 4.57 Å². The average molecular weight is 354 g/mol. The molecule has 128 valence electrons. The van der Waals surface area contributed by atoms with Gasteiger partial charge in [-0.1, -0.05) is 11.6 Å². The molecule has 2 rings (SSSR count). The van der Waals surface area contributed by atoms with E-state index in [-0.39, 0.29) is 24.6 Å². The predicted octanol–water partition coefficient (Wildman–Crippen LogP) is 2.90. The lowest BCUT2D eigenvalue weighted by Crippen LogP contribution is -2.16. The van der Waals surface area contributed by atoms with Crippen LogP contribution < -0.4 is 0 Å². The summed E-state index contributed by atoms with van der Waals surface area (Å²) in [4.78, 5) is 24.4. The third-order valence-electron chi connectivity index (χ3n) is 3.14. The van der Waals surface area contributed by atoms with Crippen LogP contribution in [0, 0.1) is 0 Å². The van der Waals surface area contributed by atoms with Crippen molar-refractivity contribution in [1.82, 2.24) is 4.57 Å². The van der Waals surface area contributed by atoms with Gasteiger partial charge in [-0.3, -0.25) is 4.57 Å². The van der Waals surface area contributed by atoms with Gasteiger partial charge in [0.15, 0.2) is 22.9 Å². The molecule has 2 aromatic rings. The zero-order valence-electron chi connectivity index (χ0n) is 13.1. The molecule has 0 bridgehead atoms. The molecule has 7 nitrogen and oxygen atoms in total. The minimum Gasteiger partial charge on any atom is -0.503 e. The van der Waals surface area contributed by atoms with Crippen LogP contribution >= 0.6 is 11.6 Å². The molecule has 0 atom stereocenters. The molecule has 0 amide bonds. The van der Waals surface area contributed by atoms with Gasteiger partial charge in [0, 0.05) is 10.7 Å². The molecule has 0 saturated heterocycles. The second-order valence-electron chi connectivity index (χ2n) is 4.65. The van der Waals surface area contributed by atoms with Crippen molar-refractivity contribution < 1.29 is 29.3 Å². The van der Waals surface area contributed by atoms with Gasteiger partial charge in [-0.15, -0.1) is 0 Å². The standard InChI is InChI=1S/C16H16ClNO6/c1-3-23-15(21)11-13(19)14(20)12(16(22)24-4-2)18(11)10-7-5-9(17)6-8-10/h5-8,19-20H,3-4H2,1-2H3. The molecule has 2 N–H and O–H groups in total. The summed E-state index contributed by atoms with van der Waals surface area (Å²) in [5, 5.41) is 20.7. The highest BCUT2D eigenvalue weighted by Gasteiger charge is 2.33. The predicted molar refractivity (Wildman–Crippen MR) is 86.0 cm³/mol. The van der Waals surface area contributed by atoms with Crippen molar-refractivity contribution in [3.8, 4) is 17.2 Å². The van der Waals surface area contributed by atoms with Gasteiger partial charge in [0.2, 0.25) is 0 Å². The van der Waals surface area contributed by atoms with Crippen LogP contribution in [0.4, 0.5) is 0 Å². The maximum atomic E-state index is 12.2. The number of hydrogen-bond acceptors (Lipinski definition) is 6. The first-order valence-corrected chi connectivity index (χ1v) is 7.56.